The largest absolute Gasteiger partial charge is 0.493 e. The Morgan fingerprint density at radius 1 is 1.04 bits per heavy atom. The lowest BCUT2D eigenvalue weighted by molar-refractivity contribution is 0.243. The van der Waals surface area contributed by atoms with Crippen molar-refractivity contribution in [2.75, 3.05) is 6.61 Å². The number of hydrogen-bond donors (Lipinski definition) is 0. The lowest BCUT2D eigenvalue weighted by Crippen LogP contribution is -2.22. The van der Waals surface area contributed by atoms with Gasteiger partial charge < -0.3 is 4.74 Å². The first-order valence-electron chi connectivity index (χ1n) is 9.81. The molecular weight excluding hydrogens is 394 g/mol. The molecular formula is C24H23Cl2FO. The maximum atomic E-state index is 14.3. The molecule has 4 heteroatoms. The Hall–Kier alpha value is -1.77. The highest BCUT2D eigenvalue weighted by molar-refractivity contribution is 6.35. The van der Waals surface area contributed by atoms with Crippen molar-refractivity contribution in [1.29, 1.82) is 0 Å². The van der Waals surface area contributed by atoms with Gasteiger partial charge in [-0.15, -0.1) is 11.6 Å². The van der Waals surface area contributed by atoms with Crippen LogP contribution in [0.15, 0.2) is 54.6 Å². The van der Waals surface area contributed by atoms with Gasteiger partial charge >= 0.3 is 0 Å². The third kappa shape index (κ3) is 3.73. The van der Waals surface area contributed by atoms with Gasteiger partial charge in [-0.25, -0.2) is 4.39 Å². The standard InChI is InChI=1S/C24H23Cl2FO/c1-2-15-7-8-16(13-23(15)27)17-9-10-22(26)20(17)14-28-24-12-11-21(25)18-5-3-4-6-19(18)24/h3-8,11-13,17,20,22H,2,9-10,14H2,1H3/t17-,20-,22?/m1/s1. The summed E-state index contributed by atoms with van der Waals surface area (Å²) >= 11 is 12.9. The van der Waals surface area contributed by atoms with E-state index in [1.54, 1.807) is 6.07 Å². The molecule has 3 atom stereocenters. The van der Waals surface area contributed by atoms with Crippen molar-refractivity contribution in [2.45, 2.75) is 37.5 Å². The van der Waals surface area contributed by atoms with E-state index < -0.39 is 0 Å². The highest BCUT2D eigenvalue weighted by atomic mass is 35.5. The number of hydrogen-bond acceptors (Lipinski definition) is 1. The summed E-state index contributed by atoms with van der Waals surface area (Å²) in [6.07, 6.45) is 2.57. The zero-order valence-corrected chi connectivity index (χ0v) is 17.3. The van der Waals surface area contributed by atoms with Crippen LogP contribution in [0.3, 0.4) is 0 Å². The van der Waals surface area contributed by atoms with E-state index in [4.69, 9.17) is 27.9 Å². The van der Waals surface area contributed by atoms with Crippen LogP contribution in [0.1, 0.15) is 36.8 Å². The van der Waals surface area contributed by atoms with Crippen LogP contribution in [0.4, 0.5) is 4.39 Å². The molecule has 1 aliphatic carbocycles. The molecule has 0 aliphatic heterocycles. The summed E-state index contributed by atoms with van der Waals surface area (Å²) < 4.78 is 20.5. The van der Waals surface area contributed by atoms with Crippen LogP contribution >= 0.6 is 23.2 Å². The lowest BCUT2D eigenvalue weighted by Gasteiger charge is -2.23. The molecule has 3 aromatic carbocycles. The quantitative estimate of drug-likeness (QED) is 0.394. The topological polar surface area (TPSA) is 9.23 Å². The van der Waals surface area contributed by atoms with E-state index in [0.717, 1.165) is 40.5 Å². The fourth-order valence-electron chi connectivity index (χ4n) is 4.28. The summed E-state index contributed by atoms with van der Waals surface area (Å²) in [6.45, 7) is 2.47. The van der Waals surface area contributed by atoms with E-state index in [1.807, 2.05) is 55.5 Å². The van der Waals surface area contributed by atoms with E-state index in [0.29, 0.717) is 18.1 Å². The molecule has 0 spiro atoms. The first-order valence-corrected chi connectivity index (χ1v) is 10.6. The minimum atomic E-state index is -0.124. The molecule has 0 N–H and O–H groups in total. The van der Waals surface area contributed by atoms with E-state index in [1.165, 1.54) is 0 Å². The van der Waals surface area contributed by atoms with Gasteiger partial charge in [-0.1, -0.05) is 54.9 Å². The summed E-state index contributed by atoms with van der Waals surface area (Å²) in [5, 5.41) is 2.71. The Labute approximate surface area is 175 Å². The van der Waals surface area contributed by atoms with Crippen LogP contribution in [-0.2, 0) is 6.42 Å². The van der Waals surface area contributed by atoms with Crippen LogP contribution in [0, 0.1) is 11.7 Å². The fraction of sp³-hybridized carbons (Fsp3) is 0.333. The van der Waals surface area contributed by atoms with Crippen molar-refractivity contribution in [3.63, 3.8) is 0 Å². The molecule has 0 heterocycles. The predicted molar refractivity (Wildman–Crippen MR) is 115 cm³/mol. The molecule has 1 aliphatic rings. The van der Waals surface area contributed by atoms with Gasteiger partial charge in [0.05, 0.1) is 6.61 Å². The second kappa shape index (κ2) is 8.31. The Bertz CT molecular complexity index is 988. The summed E-state index contributed by atoms with van der Waals surface area (Å²) in [6, 6.07) is 17.4. The molecule has 3 aromatic rings. The molecule has 1 nitrogen and oxygen atoms in total. The first-order chi connectivity index (χ1) is 13.6. The molecule has 4 rings (SSSR count). The number of rotatable bonds is 5. The summed E-state index contributed by atoms with van der Waals surface area (Å²) in [5.41, 5.74) is 1.78. The number of ether oxygens (including phenoxy) is 1. The van der Waals surface area contributed by atoms with E-state index in [-0.39, 0.29) is 23.0 Å². The molecule has 0 saturated heterocycles. The van der Waals surface area contributed by atoms with Crippen LogP contribution in [0.25, 0.3) is 10.8 Å². The average Bonchev–Trinajstić information content (AvgIpc) is 3.08. The van der Waals surface area contributed by atoms with E-state index in [9.17, 15) is 4.39 Å². The molecule has 0 radical (unpaired) electrons. The fourth-order valence-corrected chi connectivity index (χ4v) is 4.88. The van der Waals surface area contributed by atoms with Crippen LogP contribution in [0.5, 0.6) is 5.75 Å². The van der Waals surface area contributed by atoms with E-state index >= 15 is 0 Å². The Balaban J connectivity index is 1.57. The number of halogens is 3. The van der Waals surface area contributed by atoms with Crippen molar-refractivity contribution in [1.82, 2.24) is 0 Å². The van der Waals surface area contributed by atoms with Crippen molar-refractivity contribution >= 4 is 34.0 Å². The molecule has 0 aromatic heterocycles. The Morgan fingerprint density at radius 2 is 1.82 bits per heavy atom. The zero-order chi connectivity index (χ0) is 19.7. The van der Waals surface area contributed by atoms with Gasteiger partial charge in [0, 0.05) is 27.1 Å². The maximum Gasteiger partial charge on any atom is 0.127 e. The van der Waals surface area contributed by atoms with Crippen LogP contribution < -0.4 is 4.74 Å². The van der Waals surface area contributed by atoms with Gasteiger partial charge in [0.25, 0.3) is 0 Å². The summed E-state index contributed by atoms with van der Waals surface area (Å²) in [5.74, 6) is 1.04. The summed E-state index contributed by atoms with van der Waals surface area (Å²) in [7, 11) is 0. The van der Waals surface area contributed by atoms with Gasteiger partial charge in [0.2, 0.25) is 0 Å². The van der Waals surface area contributed by atoms with Crippen LogP contribution in [-0.4, -0.2) is 12.0 Å². The second-order valence-corrected chi connectivity index (χ2v) is 8.44. The highest BCUT2D eigenvalue weighted by Crippen LogP contribution is 2.43. The van der Waals surface area contributed by atoms with Gasteiger partial charge in [0.1, 0.15) is 11.6 Å². The van der Waals surface area contributed by atoms with Crippen molar-refractivity contribution in [3.8, 4) is 5.75 Å². The molecule has 0 bridgehead atoms. The molecule has 0 amide bonds. The summed E-state index contributed by atoms with van der Waals surface area (Å²) in [4.78, 5) is 0. The molecule has 1 unspecified atom stereocenters. The highest BCUT2D eigenvalue weighted by Gasteiger charge is 2.36. The lowest BCUT2D eigenvalue weighted by atomic mass is 9.88. The predicted octanol–water partition coefficient (Wildman–Crippen LogP) is 7.37. The number of benzene rings is 3. The number of alkyl halides is 1. The Kier molecular flexibility index (Phi) is 5.80. The van der Waals surface area contributed by atoms with Gasteiger partial charge in [-0.05, 0) is 54.5 Å². The third-order valence-corrected chi connectivity index (χ3v) is 6.75. The smallest absolute Gasteiger partial charge is 0.127 e. The second-order valence-electron chi connectivity index (χ2n) is 7.47. The Morgan fingerprint density at radius 3 is 2.57 bits per heavy atom. The van der Waals surface area contributed by atoms with Gasteiger partial charge in [-0.3, -0.25) is 0 Å². The number of aryl methyl sites for hydroxylation is 1. The average molecular weight is 417 g/mol. The van der Waals surface area contributed by atoms with E-state index in [2.05, 4.69) is 0 Å². The zero-order valence-electron chi connectivity index (χ0n) is 15.8. The van der Waals surface area contributed by atoms with Crippen molar-refractivity contribution in [2.24, 2.45) is 5.92 Å². The van der Waals surface area contributed by atoms with Gasteiger partial charge in [0.15, 0.2) is 0 Å². The minimum absolute atomic E-state index is 0.0254. The SMILES string of the molecule is CCc1ccc([C@H]2CCC(Cl)[C@@H]2COc2ccc(Cl)c3ccccc23)cc1F. The molecule has 1 saturated carbocycles. The maximum absolute atomic E-state index is 14.3. The van der Waals surface area contributed by atoms with Crippen molar-refractivity contribution in [3.05, 3.63) is 76.6 Å². The van der Waals surface area contributed by atoms with Crippen molar-refractivity contribution < 1.29 is 9.13 Å². The first kappa shape index (κ1) is 19.5. The normalized spacial score (nSPS) is 21.9. The molecule has 146 valence electrons. The number of fused-ring (bicyclic) bond motifs is 1. The minimum Gasteiger partial charge on any atom is -0.493 e. The third-order valence-electron chi connectivity index (χ3n) is 5.88. The monoisotopic (exact) mass is 416 g/mol. The van der Waals surface area contributed by atoms with Crippen LogP contribution in [0.2, 0.25) is 5.02 Å². The molecule has 28 heavy (non-hydrogen) atoms. The van der Waals surface area contributed by atoms with Gasteiger partial charge in [-0.2, -0.15) is 0 Å². The molecule has 1 fully saturated rings.